The van der Waals surface area contributed by atoms with Gasteiger partial charge in [0.05, 0.1) is 104 Å². The highest BCUT2D eigenvalue weighted by atomic mass is 16.5. The number of imidazole rings is 6. The number of nitrogens with zero attached hydrogens (tertiary/aromatic N) is 12. The summed E-state index contributed by atoms with van der Waals surface area (Å²) in [5, 5.41) is 10.9. The molecule has 0 amide bonds. The largest absolute Gasteiger partial charge is 0.465 e. The molecule has 0 saturated carbocycles. The molecule has 18 rings (SSSR count). The number of methoxy groups -OCH3 is 6. The van der Waals surface area contributed by atoms with Crippen molar-refractivity contribution >= 4 is 102 Å². The molecular formula is C116H127N15O9. The molecule has 24 nitrogen and oxygen atoms in total. The van der Waals surface area contributed by atoms with E-state index in [1.165, 1.54) is 54.7 Å². The van der Waals surface area contributed by atoms with Crippen LogP contribution >= 0.6 is 0 Å². The average molecular weight is 1880 g/mol. The minimum absolute atomic E-state index is 0.199. The molecule has 6 aromatic heterocycles. The number of esters is 3. The van der Waals surface area contributed by atoms with E-state index in [-0.39, 0.29) is 29.7 Å². The van der Waals surface area contributed by atoms with Crippen molar-refractivity contribution in [1.29, 1.82) is 0 Å². The van der Waals surface area contributed by atoms with E-state index in [2.05, 4.69) is 289 Å². The Morgan fingerprint density at radius 2 is 0.586 bits per heavy atom. The summed E-state index contributed by atoms with van der Waals surface area (Å²) in [5.74, 6) is 5.43. The van der Waals surface area contributed by atoms with E-state index in [9.17, 15) is 14.4 Å². The van der Waals surface area contributed by atoms with Crippen LogP contribution in [0, 0.1) is 11.8 Å². The molecule has 0 aliphatic rings. The van der Waals surface area contributed by atoms with Crippen molar-refractivity contribution < 1.29 is 42.8 Å². The summed E-state index contributed by atoms with van der Waals surface area (Å²) in [6.45, 7) is 17.7. The molecule has 0 saturated heterocycles. The lowest BCUT2D eigenvalue weighted by molar-refractivity contribution is 0.0592. The molecule has 0 atom stereocenters. The Kier molecular flexibility index (Phi) is 33.6. The first-order chi connectivity index (χ1) is 68.6. The van der Waals surface area contributed by atoms with Gasteiger partial charge in [0.15, 0.2) is 0 Å². The lowest BCUT2D eigenvalue weighted by Crippen LogP contribution is -2.13. The third-order valence-corrected chi connectivity index (χ3v) is 25.8. The Morgan fingerprint density at radius 1 is 0.286 bits per heavy atom. The minimum atomic E-state index is -0.384. The molecule has 0 bridgehead atoms. The standard InChI is InChI=1S/C43H43N5O3.C40H45N5O3.C33H39N5O3/c1-50-29-13-27-47-39-23-22-34(42(49)51-2)30-38(39)45-41(47)36-20-12-21-37-40(36)48(43(46-37)44-26-24-31-14-6-3-7-15-31)28-25-35(32-16-8-4-9-17-32)33-18-10-5-11-19-33;1-28(2)21-24-44-36-20-19-31(39(46)48-4)27-35(36)42-38(44)33-17-11-18-34-37(33)45(40(43-34)41-23-12-26-47-3)25-22-32(29-13-7-5-8-14-29)30-15-9-6-10-16-30;1-23(2)16-19-37-29-15-14-25(32(39)41-4)22-28(29)35-31(37)26-12-8-13-27-30(26)38(20-17-24-10-6-5-7-11-24)33(36-27)34-18-9-21-40-3/h3-12,14-23,30,35H,13,24-29H2,1-2H3,(H,44,46);5-11,13-20,27-28,32H,12,21-26H2,1-4H3,(H,41,43);5-8,10-15,22-23H,9,16-21H2,1-4H3,(H,34,36). The van der Waals surface area contributed by atoms with Crippen LogP contribution in [0.25, 0.3) is 100 Å². The summed E-state index contributed by atoms with van der Waals surface area (Å²) in [4.78, 5) is 68.0. The van der Waals surface area contributed by atoms with Crippen LogP contribution < -0.4 is 16.0 Å². The van der Waals surface area contributed by atoms with Gasteiger partial charge in [-0.3, -0.25) is 0 Å². The Hall–Kier alpha value is -14.9. The second-order valence-electron chi connectivity index (χ2n) is 36.1. The van der Waals surface area contributed by atoms with Gasteiger partial charge in [-0.25, -0.2) is 44.3 Å². The number of carbonyl (C=O) groups excluding carboxylic acids is 3. The van der Waals surface area contributed by atoms with E-state index >= 15 is 0 Å². The van der Waals surface area contributed by atoms with Crippen molar-refractivity contribution in [2.75, 3.05) is 98.1 Å². The molecular weight excluding hydrogens is 1750 g/mol. The number of carbonyl (C=O) groups is 3. The molecule has 3 N–H and O–H groups in total. The van der Waals surface area contributed by atoms with Crippen LogP contribution in [0.4, 0.5) is 17.8 Å². The fraction of sp³-hybridized carbons (Fsp3) is 0.302. The van der Waals surface area contributed by atoms with Crippen molar-refractivity contribution in [2.24, 2.45) is 11.8 Å². The normalized spacial score (nSPS) is 11.5. The zero-order valence-electron chi connectivity index (χ0n) is 81.9. The third-order valence-electron chi connectivity index (χ3n) is 25.8. The smallest absolute Gasteiger partial charge is 0.337 e. The maximum absolute atomic E-state index is 12.5. The van der Waals surface area contributed by atoms with Gasteiger partial charge in [0.1, 0.15) is 17.5 Å². The minimum Gasteiger partial charge on any atom is -0.465 e. The van der Waals surface area contributed by atoms with E-state index in [0.717, 1.165) is 228 Å². The van der Waals surface area contributed by atoms with E-state index < -0.39 is 0 Å². The van der Waals surface area contributed by atoms with Crippen LogP contribution in [0.1, 0.15) is 149 Å². The Balaban J connectivity index is 0.000000152. The summed E-state index contributed by atoms with van der Waals surface area (Å²) < 4.78 is 44.8. The maximum Gasteiger partial charge on any atom is 0.337 e. The second-order valence-corrected chi connectivity index (χ2v) is 36.1. The predicted octanol–water partition coefficient (Wildman–Crippen LogP) is 23.9. The van der Waals surface area contributed by atoms with E-state index in [4.69, 9.17) is 58.3 Å². The molecule has 18 aromatic rings. The van der Waals surface area contributed by atoms with Crippen molar-refractivity contribution in [2.45, 2.75) is 137 Å². The molecule has 0 aliphatic heterocycles. The average Bonchev–Trinajstić information content (AvgIpc) is 1.60. The summed E-state index contributed by atoms with van der Waals surface area (Å²) in [6.07, 6.45) is 8.08. The number of para-hydroxylation sites is 3. The van der Waals surface area contributed by atoms with Gasteiger partial charge in [-0.05, 0) is 194 Å². The van der Waals surface area contributed by atoms with Gasteiger partial charge >= 0.3 is 17.9 Å². The molecule has 6 heterocycles. The molecule has 0 radical (unpaired) electrons. The monoisotopic (exact) mass is 1870 g/mol. The number of benzene rings is 12. The lowest BCUT2D eigenvalue weighted by Gasteiger charge is -2.20. The second kappa shape index (κ2) is 48.0. The Bertz CT molecular complexity index is 7060. The number of aryl methyl sites for hydroxylation is 7. The van der Waals surface area contributed by atoms with Crippen LogP contribution in [0.2, 0.25) is 0 Å². The van der Waals surface area contributed by atoms with Crippen molar-refractivity contribution in [3.8, 4) is 34.2 Å². The van der Waals surface area contributed by atoms with Crippen LogP contribution in [0.15, 0.2) is 291 Å². The van der Waals surface area contributed by atoms with Crippen LogP contribution in [0.3, 0.4) is 0 Å². The molecule has 0 aliphatic carbocycles. The third kappa shape index (κ3) is 23.4. The van der Waals surface area contributed by atoms with Gasteiger partial charge in [0.2, 0.25) is 17.8 Å². The summed E-state index contributed by atoms with van der Waals surface area (Å²) >= 11 is 0. The molecule has 24 heteroatoms. The number of nitrogens with one attached hydrogen (secondary N) is 3. The van der Waals surface area contributed by atoms with E-state index in [1.54, 1.807) is 27.4 Å². The van der Waals surface area contributed by atoms with Gasteiger partial charge < -0.3 is 71.8 Å². The van der Waals surface area contributed by atoms with Gasteiger partial charge in [0, 0.05) is 129 Å². The number of ether oxygens (including phenoxy) is 6. The zero-order chi connectivity index (χ0) is 97.2. The summed E-state index contributed by atoms with van der Waals surface area (Å²) in [7, 11) is 9.38. The van der Waals surface area contributed by atoms with Crippen LogP contribution in [-0.2, 0) is 80.5 Å². The quantitative estimate of drug-likeness (QED) is 0.0182. The first-order valence-electron chi connectivity index (χ1n) is 48.8. The van der Waals surface area contributed by atoms with Crippen molar-refractivity contribution in [1.82, 2.24) is 57.3 Å². The van der Waals surface area contributed by atoms with Crippen molar-refractivity contribution in [3.63, 3.8) is 0 Å². The van der Waals surface area contributed by atoms with Crippen LogP contribution in [-0.4, -0.2) is 157 Å². The zero-order valence-corrected chi connectivity index (χ0v) is 81.9. The van der Waals surface area contributed by atoms with E-state index in [1.807, 2.05) is 66.7 Å². The fourth-order valence-electron chi connectivity index (χ4n) is 18.7. The Labute approximate surface area is 819 Å². The summed E-state index contributed by atoms with van der Waals surface area (Å²) in [5.41, 5.74) is 23.3. The Morgan fingerprint density at radius 3 is 0.914 bits per heavy atom. The highest BCUT2D eigenvalue weighted by Crippen LogP contribution is 2.41. The predicted molar refractivity (Wildman–Crippen MR) is 562 cm³/mol. The molecule has 720 valence electrons. The topological polar surface area (TPSA) is 250 Å². The summed E-state index contributed by atoms with van der Waals surface area (Å²) in [6, 6.07) is 99.7. The first-order valence-corrected chi connectivity index (χ1v) is 48.8. The lowest BCUT2D eigenvalue weighted by atomic mass is 9.88. The van der Waals surface area contributed by atoms with Crippen molar-refractivity contribution in [3.05, 3.63) is 341 Å². The highest BCUT2D eigenvalue weighted by Gasteiger charge is 2.29. The molecule has 0 fully saturated rings. The number of aromatic nitrogens is 12. The molecule has 0 unspecified atom stereocenters. The number of hydrogen-bond donors (Lipinski definition) is 3. The number of fused-ring (bicyclic) bond motifs is 6. The van der Waals surface area contributed by atoms with Gasteiger partial charge in [0.25, 0.3) is 0 Å². The molecule has 0 spiro atoms. The SMILES string of the molecule is COCCCNc1nc2cccc(-c3nc4cc(C(=O)OC)ccc4n3CCC(C)C)c2n1CCC(c1ccccc1)c1ccccc1.COCCCNc1nc2cccc(-c3nc4cc(C(=O)OC)ccc4n3CCC(C)C)c2n1CCc1ccccc1.COCCCn1c(-c2cccc3nc(NCCc4ccccc4)n(CCC(c4ccccc4)c4ccccc4)c23)nc2cc(C(=O)OC)ccc21. The first kappa shape index (κ1) is 98.2. The van der Waals surface area contributed by atoms with E-state index in [0.29, 0.717) is 54.9 Å². The van der Waals surface area contributed by atoms with Gasteiger partial charge in [-0.1, -0.05) is 228 Å². The number of hydrogen-bond acceptors (Lipinski definition) is 18. The molecule has 140 heavy (non-hydrogen) atoms. The maximum atomic E-state index is 12.5. The fourth-order valence-corrected chi connectivity index (χ4v) is 18.7. The highest BCUT2D eigenvalue weighted by molar-refractivity contribution is 6.01. The number of anilines is 3. The van der Waals surface area contributed by atoms with Gasteiger partial charge in [-0.2, -0.15) is 0 Å². The van der Waals surface area contributed by atoms with Gasteiger partial charge in [-0.15, -0.1) is 0 Å². The molecule has 12 aromatic carbocycles. The number of rotatable bonds is 43. The van der Waals surface area contributed by atoms with Crippen LogP contribution in [0.5, 0.6) is 0 Å².